The van der Waals surface area contributed by atoms with Crippen LogP contribution in [-0.4, -0.2) is 33.4 Å². The first kappa shape index (κ1) is 27.6. The number of benzene rings is 1. The van der Waals surface area contributed by atoms with Gasteiger partial charge in [0.1, 0.15) is 5.56 Å². The zero-order valence-corrected chi connectivity index (χ0v) is 19.0. The molecular formula is C22H18F6N4O5. The molecule has 2 heterocycles. The molecule has 0 N–H and O–H groups in total. The fourth-order valence-corrected chi connectivity index (χ4v) is 3.29. The molecule has 15 heteroatoms. The van der Waals surface area contributed by atoms with Crippen molar-refractivity contribution >= 4 is 5.69 Å². The summed E-state index contributed by atoms with van der Waals surface area (Å²) in [5, 5.41) is 18.3. The summed E-state index contributed by atoms with van der Waals surface area (Å²) < 4.78 is 98.3. The van der Waals surface area contributed by atoms with Gasteiger partial charge in [0, 0.05) is 6.07 Å². The Morgan fingerprint density at radius 3 is 2.35 bits per heavy atom. The van der Waals surface area contributed by atoms with Crippen LogP contribution in [0.1, 0.15) is 29.9 Å². The van der Waals surface area contributed by atoms with Gasteiger partial charge in [0.25, 0.3) is 11.8 Å². The Hall–Kier alpha value is -4.01. The average Bonchev–Trinajstić information content (AvgIpc) is 3.33. The third-order valence-electron chi connectivity index (χ3n) is 5.12. The summed E-state index contributed by atoms with van der Waals surface area (Å²) in [7, 11) is 0.827. The molecule has 37 heavy (non-hydrogen) atoms. The van der Waals surface area contributed by atoms with Crippen LogP contribution < -0.4 is 4.74 Å². The second-order valence-corrected chi connectivity index (χ2v) is 7.51. The predicted molar refractivity (Wildman–Crippen MR) is 114 cm³/mol. The van der Waals surface area contributed by atoms with Gasteiger partial charge in [-0.25, -0.2) is 4.98 Å². The van der Waals surface area contributed by atoms with Crippen LogP contribution in [0.3, 0.4) is 0 Å². The van der Waals surface area contributed by atoms with E-state index in [1.165, 1.54) is 18.2 Å². The number of hydrogen-bond donors (Lipinski definition) is 0. The van der Waals surface area contributed by atoms with Crippen molar-refractivity contribution in [2.45, 2.75) is 37.4 Å². The highest BCUT2D eigenvalue weighted by Gasteiger charge is 2.61. The normalized spacial score (nSPS) is 13.7. The maximum absolute atomic E-state index is 14.5. The largest absolute Gasteiger partial charge is 0.481 e. The molecule has 1 aromatic carbocycles. The number of methoxy groups -OCH3 is 1. The Bertz CT molecular complexity index is 1260. The first-order chi connectivity index (χ1) is 17.3. The van der Waals surface area contributed by atoms with Crippen molar-refractivity contribution in [3.8, 4) is 17.5 Å². The third-order valence-corrected chi connectivity index (χ3v) is 5.12. The summed E-state index contributed by atoms with van der Waals surface area (Å²) >= 11 is 0. The quantitative estimate of drug-likeness (QED) is 0.135. The van der Waals surface area contributed by atoms with Crippen molar-refractivity contribution in [1.82, 2.24) is 15.2 Å². The fourth-order valence-electron chi connectivity index (χ4n) is 3.29. The first-order valence-electron chi connectivity index (χ1n) is 10.3. The average molecular weight is 532 g/mol. The lowest BCUT2D eigenvalue weighted by Crippen LogP contribution is -2.45. The molecule has 1 atom stereocenters. The van der Waals surface area contributed by atoms with Gasteiger partial charge in [0.15, 0.2) is 0 Å². The maximum Gasteiger partial charge on any atom is 0.426 e. The number of alkyl halides is 6. The Morgan fingerprint density at radius 1 is 1.14 bits per heavy atom. The van der Waals surface area contributed by atoms with Crippen LogP contribution in [-0.2, 0) is 23.1 Å². The van der Waals surface area contributed by atoms with Crippen molar-refractivity contribution in [2.75, 3.05) is 7.11 Å². The van der Waals surface area contributed by atoms with Crippen LogP contribution in [0.25, 0.3) is 11.6 Å². The van der Waals surface area contributed by atoms with Gasteiger partial charge in [-0.15, -0.1) is 16.8 Å². The molecule has 1 unspecified atom stereocenters. The molecule has 0 fully saturated rings. The van der Waals surface area contributed by atoms with Crippen LogP contribution in [0, 0.1) is 10.1 Å². The lowest BCUT2D eigenvalue weighted by molar-refractivity contribution is -0.384. The van der Waals surface area contributed by atoms with Gasteiger partial charge in [-0.05, 0) is 18.4 Å². The summed E-state index contributed by atoms with van der Waals surface area (Å²) in [6, 6.07) is 7.99. The van der Waals surface area contributed by atoms with E-state index in [9.17, 15) is 36.5 Å². The molecule has 0 saturated carbocycles. The molecule has 0 saturated heterocycles. The molecule has 0 spiro atoms. The van der Waals surface area contributed by atoms with E-state index >= 15 is 0 Å². The highest BCUT2D eigenvalue weighted by Crippen LogP contribution is 2.47. The molecule has 0 aliphatic carbocycles. The van der Waals surface area contributed by atoms with Crippen molar-refractivity contribution in [1.29, 1.82) is 0 Å². The third kappa shape index (κ3) is 5.71. The number of nitrogens with zero attached hydrogens (tertiary/aromatic N) is 4. The Balaban J connectivity index is 2.16. The number of rotatable bonds is 10. The van der Waals surface area contributed by atoms with Gasteiger partial charge in [-0.1, -0.05) is 36.4 Å². The maximum atomic E-state index is 14.5. The molecule has 3 rings (SSSR count). The van der Waals surface area contributed by atoms with E-state index in [2.05, 4.69) is 26.5 Å². The van der Waals surface area contributed by atoms with E-state index in [0.29, 0.717) is 5.56 Å². The van der Waals surface area contributed by atoms with Crippen molar-refractivity contribution in [3.63, 3.8) is 0 Å². The minimum Gasteiger partial charge on any atom is -0.481 e. The molecule has 0 radical (unpaired) electrons. The molecule has 0 bridgehead atoms. The number of allylic oxidation sites excluding steroid dienone is 1. The SMILES string of the molecule is C=CCCC(OCc1ccccc1)(c1nnc(-c2nc(OC)c(C(F)(F)F)cc2[N+](=O)[O-])o1)C(F)(F)F. The molecule has 3 aromatic rings. The van der Waals surface area contributed by atoms with Crippen LogP contribution in [0.15, 0.2) is 53.5 Å². The topological polar surface area (TPSA) is 113 Å². The zero-order valence-electron chi connectivity index (χ0n) is 19.0. The molecular weight excluding hydrogens is 514 g/mol. The second kappa shape index (κ2) is 10.5. The summed E-state index contributed by atoms with van der Waals surface area (Å²) in [6.45, 7) is 2.88. The van der Waals surface area contributed by atoms with Crippen molar-refractivity contribution in [2.24, 2.45) is 0 Å². The number of nitro groups is 1. The molecule has 0 aliphatic heterocycles. The van der Waals surface area contributed by atoms with Gasteiger partial charge >= 0.3 is 18.0 Å². The van der Waals surface area contributed by atoms with E-state index in [1.54, 1.807) is 18.2 Å². The summed E-state index contributed by atoms with van der Waals surface area (Å²) in [5.41, 5.74) is -6.52. The van der Waals surface area contributed by atoms with Crippen LogP contribution in [0.5, 0.6) is 5.88 Å². The highest BCUT2D eigenvalue weighted by atomic mass is 19.4. The number of pyridine rings is 1. The van der Waals surface area contributed by atoms with Crippen LogP contribution >= 0.6 is 0 Å². The minimum absolute atomic E-state index is 0.117. The van der Waals surface area contributed by atoms with Gasteiger partial charge in [-0.3, -0.25) is 10.1 Å². The Kier molecular flexibility index (Phi) is 7.86. The number of ether oxygens (including phenoxy) is 2. The standard InChI is InChI=1S/C22H18F6N4O5/c1-3-4-10-20(22(26,27)28,36-12-13-8-6-5-7-9-13)19-31-30-18(37-19)16-15(32(33)34)11-14(21(23,24)25)17(29-16)35-2/h3,5-9,11H,1,4,10,12H2,2H3. The number of aromatic nitrogens is 3. The number of hydrogen-bond acceptors (Lipinski definition) is 8. The Morgan fingerprint density at radius 2 is 1.81 bits per heavy atom. The van der Waals surface area contributed by atoms with E-state index in [-0.39, 0.29) is 12.5 Å². The van der Waals surface area contributed by atoms with Gasteiger partial charge in [0.05, 0.1) is 18.6 Å². The van der Waals surface area contributed by atoms with Gasteiger partial charge in [0.2, 0.25) is 17.2 Å². The Labute approximate surface area is 204 Å². The van der Waals surface area contributed by atoms with Crippen LogP contribution in [0.4, 0.5) is 32.0 Å². The highest BCUT2D eigenvalue weighted by molar-refractivity contribution is 5.64. The summed E-state index contributed by atoms with van der Waals surface area (Å²) in [5.74, 6) is -3.14. The van der Waals surface area contributed by atoms with E-state index in [1.807, 2.05) is 0 Å². The molecule has 0 amide bonds. The fraction of sp³-hybridized carbons (Fsp3) is 0.318. The molecule has 9 nitrogen and oxygen atoms in total. The zero-order chi connectivity index (χ0) is 27.4. The lowest BCUT2D eigenvalue weighted by atomic mass is 9.96. The monoisotopic (exact) mass is 532 g/mol. The summed E-state index contributed by atoms with van der Waals surface area (Å²) in [4.78, 5) is 13.7. The van der Waals surface area contributed by atoms with Crippen molar-refractivity contribution in [3.05, 3.63) is 76.2 Å². The van der Waals surface area contributed by atoms with E-state index < -0.39 is 70.5 Å². The molecule has 2 aromatic heterocycles. The second-order valence-electron chi connectivity index (χ2n) is 7.51. The van der Waals surface area contributed by atoms with Gasteiger partial charge < -0.3 is 13.9 Å². The van der Waals surface area contributed by atoms with E-state index in [4.69, 9.17) is 9.15 Å². The van der Waals surface area contributed by atoms with Crippen LogP contribution in [0.2, 0.25) is 0 Å². The predicted octanol–water partition coefficient (Wildman–Crippen LogP) is 6.01. The molecule has 0 aliphatic rings. The summed E-state index contributed by atoms with van der Waals surface area (Å²) in [6.07, 6.45) is -9.95. The van der Waals surface area contributed by atoms with Crippen molar-refractivity contribution < 1.29 is 45.2 Å². The lowest BCUT2D eigenvalue weighted by Gasteiger charge is -2.32. The van der Waals surface area contributed by atoms with Gasteiger partial charge in [-0.2, -0.15) is 26.3 Å². The number of halogens is 6. The molecule has 198 valence electrons. The first-order valence-corrected chi connectivity index (χ1v) is 10.3. The smallest absolute Gasteiger partial charge is 0.426 e. The minimum atomic E-state index is -5.12. The van der Waals surface area contributed by atoms with E-state index in [0.717, 1.165) is 7.11 Å².